The van der Waals surface area contributed by atoms with Crippen molar-refractivity contribution < 1.29 is 33.3 Å². The monoisotopic (exact) mass is 367 g/mol. The lowest BCUT2D eigenvalue weighted by molar-refractivity contribution is -0.147. The maximum atomic E-state index is 12.2. The first-order chi connectivity index (χ1) is 12.4. The van der Waals surface area contributed by atoms with Gasteiger partial charge in [0.05, 0.1) is 21.3 Å². The lowest BCUT2D eigenvalue weighted by atomic mass is 9.99. The van der Waals surface area contributed by atoms with E-state index in [0.29, 0.717) is 12.2 Å². The Morgan fingerprint density at radius 1 is 1.12 bits per heavy atom. The standard InChI is InChI=1S/C18H25NO7/c1-6-11(2)15(18(22)25-5)19-14(20)10-26-17(21)12-8-7-9-13(23-3)16(12)24-4/h7-9,11,15H,6,10H2,1-5H3,(H,19,20)/t11-,15+/m0/s1. The van der Waals surface area contributed by atoms with Gasteiger partial charge in [0.15, 0.2) is 18.1 Å². The predicted molar refractivity (Wildman–Crippen MR) is 93.2 cm³/mol. The minimum absolute atomic E-state index is 0.124. The molecule has 1 aromatic carbocycles. The highest BCUT2D eigenvalue weighted by molar-refractivity contribution is 5.95. The molecule has 0 saturated carbocycles. The quantitative estimate of drug-likeness (QED) is 0.661. The van der Waals surface area contributed by atoms with Gasteiger partial charge in [0, 0.05) is 0 Å². The molecule has 0 aliphatic rings. The fourth-order valence-electron chi connectivity index (χ4n) is 2.27. The minimum Gasteiger partial charge on any atom is -0.493 e. The summed E-state index contributed by atoms with van der Waals surface area (Å²) in [5.74, 6) is -1.43. The molecule has 2 atom stereocenters. The molecule has 0 fully saturated rings. The van der Waals surface area contributed by atoms with Crippen LogP contribution in [0.5, 0.6) is 11.5 Å². The van der Waals surface area contributed by atoms with Gasteiger partial charge < -0.3 is 24.3 Å². The van der Waals surface area contributed by atoms with Gasteiger partial charge in [0.25, 0.3) is 5.91 Å². The Morgan fingerprint density at radius 2 is 1.81 bits per heavy atom. The third-order valence-electron chi connectivity index (χ3n) is 3.94. The van der Waals surface area contributed by atoms with Crippen molar-refractivity contribution >= 4 is 17.8 Å². The number of carbonyl (C=O) groups excluding carboxylic acids is 3. The number of para-hydroxylation sites is 1. The molecule has 0 radical (unpaired) electrons. The maximum Gasteiger partial charge on any atom is 0.342 e. The first-order valence-corrected chi connectivity index (χ1v) is 8.14. The van der Waals surface area contributed by atoms with Crippen LogP contribution >= 0.6 is 0 Å². The normalized spacial score (nSPS) is 12.5. The highest BCUT2D eigenvalue weighted by Crippen LogP contribution is 2.31. The van der Waals surface area contributed by atoms with Gasteiger partial charge in [-0.05, 0) is 18.1 Å². The van der Waals surface area contributed by atoms with Gasteiger partial charge >= 0.3 is 11.9 Å². The van der Waals surface area contributed by atoms with Crippen molar-refractivity contribution in [2.45, 2.75) is 26.3 Å². The molecule has 0 unspecified atom stereocenters. The Hall–Kier alpha value is -2.77. The van der Waals surface area contributed by atoms with Crippen molar-refractivity contribution in [1.82, 2.24) is 5.32 Å². The van der Waals surface area contributed by atoms with E-state index in [1.54, 1.807) is 12.1 Å². The summed E-state index contributed by atoms with van der Waals surface area (Å²) in [4.78, 5) is 36.1. The van der Waals surface area contributed by atoms with Crippen LogP contribution in [0.25, 0.3) is 0 Å². The molecular formula is C18H25NO7. The zero-order chi connectivity index (χ0) is 19.7. The number of benzene rings is 1. The number of ether oxygens (including phenoxy) is 4. The van der Waals surface area contributed by atoms with Crippen molar-refractivity contribution in [3.8, 4) is 11.5 Å². The zero-order valence-electron chi connectivity index (χ0n) is 15.7. The van der Waals surface area contributed by atoms with E-state index in [4.69, 9.17) is 18.9 Å². The van der Waals surface area contributed by atoms with E-state index in [0.717, 1.165) is 0 Å². The first kappa shape index (κ1) is 21.3. The number of hydrogen-bond acceptors (Lipinski definition) is 7. The highest BCUT2D eigenvalue weighted by Gasteiger charge is 2.27. The number of amides is 1. The second-order valence-electron chi connectivity index (χ2n) is 5.57. The summed E-state index contributed by atoms with van der Waals surface area (Å²) in [5.41, 5.74) is 0.131. The number of esters is 2. The van der Waals surface area contributed by atoms with Crippen molar-refractivity contribution in [2.75, 3.05) is 27.9 Å². The van der Waals surface area contributed by atoms with Gasteiger partial charge in [0.1, 0.15) is 11.6 Å². The van der Waals surface area contributed by atoms with Crippen LogP contribution in [0.15, 0.2) is 18.2 Å². The molecule has 1 amide bonds. The molecule has 0 aromatic heterocycles. The lowest BCUT2D eigenvalue weighted by Crippen LogP contribution is -2.47. The van der Waals surface area contributed by atoms with Gasteiger partial charge in [-0.2, -0.15) is 0 Å². The average Bonchev–Trinajstić information content (AvgIpc) is 2.67. The lowest BCUT2D eigenvalue weighted by Gasteiger charge is -2.21. The van der Waals surface area contributed by atoms with Gasteiger partial charge in [-0.15, -0.1) is 0 Å². The zero-order valence-corrected chi connectivity index (χ0v) is 15.7. The molecule has 0 aliphatic carbocycles. The van der Waals surface area contributed by atoms with E-state index in [9.17, 15) is 14.4 Å². The molecule has 1 aromatic rings. The van der Waals surface area contributed by atoms with Gasteiger partial charge in [0.2, 0.25) is 0 Å². The van der Waals surface area contributed by atoms with Crippen LogP contribution in [0.4, 0.5) is 0 Å². The molecule has 1 rings (SSSR count). The second kappa shape index (κ2) is 10.3. The molecule has 26 heavy (non-hydrogen) atoms. The second-order valence-corrected chi connectivity index (χ2v) is 5.57. The van der Waals surface area contributed by atoms with Crippen LogP contribution in [0.2, 0.25) is 0 Å². The molecule has 8 heteroatoms. The van der Waals surface area contributed by atoms with E-state index >= 15 is 0 Å². The first-order valence-electron chi connectivity index (χ1n) is 8.14. The minimum atomic E-state index is -0.803. The topological polar surface area (TPSA) is 100 Å². The van der Waals surface area contributed by atoms with Crippen molar-refractivity contribution in [2.24, 2.45) is 5.92 Å². The number of carbonyl (C=O) groups is 3. The molecule has 0 bridgehead atoms. The summed E-state index contributed by atoms with van der Waals surface area (Å²) < 4.78 is 20.0. The van der Waals surface area contributed by atoms with Crippen LogP contribution in [0.3, 0.4) is 0 Å². The van der Waals surface area contributed by atoms with E-state index in [1.165, 1.54) is 27.4 Å². The number of nitrogens with one attached hydrogen (secondary N) is 1. The Kier molecular flexibility index (Phi) is 8.41. The van der Waals surface area contributed by atoms with E-state index < -0.39 is 30.5 Å². The number of methoxy groups -OCH3 is 3. The van der Waals surface area contributed by atoms with Gasteiger partial charge in [-0.1, -0.05) is 26.3 Å². The molecule has 0 aliphatic heterocycles. The molecule has 0 heterocycles. The van der Waals surface area contributed by atoms with Crippen molar-refractivity contribution in [3.05, 3.63) is 23.8 Å². The summed E-state index contributed by atoms with van der Waals surface area (Å²) >= 11 is 0. The smallest absolute Gasteiger partial charge is 0.342 e. The Labute approximate surface area is 152 Å². The number of hydrogen-bond donors (Lipinski definition) is 1. The van der Waals surface area contributed by atoms with Crippen LogP contribution < -0.4 is 14.8 Å². The molecule has 8 nitrogen and oxygen atoms in total. The third-order valence-corrected chi connectivity index (χ3v) is 3.94. The van der Waals surface area contributed by atoms with Crippen molar-refractivity contribution in [1.29, 1.82) is 0 Å². The molecule has 144 valence electrons. The van der Waals surface area contributed by atoms with E-state index in [1.807, 2.05) is 13.8 Å². The summed E-state index contributed by atoms with van der Waals surface area (Å²) in [7, 11) is 4.09. The SMILES string of the molecule is CC[C@H](C)[C@@H](NC(=O)COC(=O)c1cccc(OC)c1OC)C(=O)OC. The fraction of sp³-hybridized carbons (Fsp3) is 0.500. The Morgan fingerprint density at radius 3 is 2.35 bits per heavy atom. The highest BCUT2D eigenvalue weighted by atomic mass is 16.5. The average molecular weight is 367 g/mol. The number of rotatable bonds is 9. The fourth-order valence-corrected chi connectivity index (χ4v) is 2.27. The summed E-state index contributed by atoms with van der Waals surface area (Å²) in [6, 6.07) is 3.93. The van der Waals surface area contributed by atoms with Crippen LogP contribution in [0.1, 0.15) is 30.6 Å². The summed E-state index contributed by atoms with van der Waals surface area (Å²) in [6.45, 7) is 3.17. The molecule has 0 spiro atoms. The molecule has 0 saturated heterocycles. The van der Waals surface area contributed by atoms with Gasteiger partial charge in [-0.3, -0.25) is 4.79 Å². The Bertz CT molecular complexity index is 644. The molecule has 1 N–H and O–H groups in total. The predicted octanol–water partition coefficient (Wildman–Crippen LogP) is 1.56. The van der Waals surface area contributed by atoms with Crippen LogP contribution in [-0.2, 0) is 19.1 Å². The Balaban J connectivity index is 2.75. The van der Waals surface area contributed by atoms with Gasteiger partial charge in [-0.25, -0.2) is 9.59 Å². The van der Waals surface area contributed by atoms with Crippen molar-refractivity contribution in [3.63, 3.8) is 0 Å². The van der Waals surface area contributed by atoms with Crippen LogP contribution in [0, 0.1) is 5.92 Å². The summed E-state index contributed by atoms with van der Waals surface area (Å²) in [5, 5.41) is 2.53. The summed E-state index contributed by atoms with van der Waals surface area (Å²) in [6.07, 6.45) is 0.668. The largest absolute Gasteiger partial charge is 0.493 e. The van der Waals surface area contributed by atoms with E-state index in [-0.39, 0.29) is 17.2 Å². The maximum absolute atomic E-state index is 12.2. The van der Waals surface area contributed by atoms with E-state index in [2.05, 4.69) is 5.32 Å². The third kappa shape index (κ3) is 5.37. The molecular weight excluding hydrogens is 342 g/mol. The van der Waals surface area contributed by atoms with Crippen LogP contribution in [-0.4, -0.2) is 51.8 Å².